The Hall–Kier alpha value is -2.15. The van der Waals surface area contributed by atoms with Gasteiger partial charge in [0, 0.05) is 17.8 Å². The van der Waals surface area contributed by atoms with Gasteiger partial charge in [0.25, 0.3) is 0 Å². The Balaban J connectivity index is 1.93. The van der Waals surface area contributed by atoms with Crippen molar-refractivity contribution in [1.82, 2.24) is 19.5 Å². The highest BCUT2D eigenvalue weighted by atomic mass is 35.5. The number of hydrogen-bond donors (Lipinski definition) is 0. The lowest BCUT2D eigenvalue weighted by Crippen LogP contribution is -2.20. The second-order valence-electron chi connectivity index (χ2n) is 4.72. The van der Waals surface area contributed by atoms with Gasteiger partial charge in [0.15, 0.2) is 5.82 Å². The van der Waals surface area contributed by atoms with Gasteiger partial charge >= 0.3 is 6.18 Å². The summed E-state index contributed by atoms with van der Waals surface area (Å²) in [6.45, 7) is 0.116. The van der Waals surface area contributed by atoms with Crippen molar-refractivity contribution in [2.24, 2.45) is 0 Å². The first-order chi connectivity index (χ1) is 10.4. The van der Waals surface area contributed by atoms with Gasteiger partial charge in [-0.1, -0.05) is 23.7 Å². The van der Waals surface area contributed by atoms with Crippen molar-refractivity contribution in [3.63, 3.8) is 0 Å². The van der Waals surface area contributed by atoms with E-state index in [-0.39, 0.29) is 12.4 Å². The minimum absolute atomic E-state index is 0.00803. The molecule has 0 unspecified atom stereocenters. The molecular formula is C14H10ClF3N4. The van der Waals surface area contributed by atoms with Crippen LogP contribution in [0.5, 0.6) is 0 Å². The first-order valence-electron chi connectivity index (χ1n) is 6.43. The average molecular weight is 327 g/mol. The van der Waals surface area contributed by atoms with E-state index in [4.69, 9.17) is 11.6 Å². The van der Waals surface area contributed by atoms with E-state index < -0.39 is 12.0 Å². The van der Waals surface area contributed by atoms with E-state index in [1.54, 1.807) is 18.2 Å². The number of fused-ring (bicyclic) bond motifs is 1. The molecule has 2 aliphatic rings. The highest BCUT2D eigenvalue weighted by Gasteiger charge is 2.37. The van der Waals surface area contributed by atoms with E-state index in [1.807, 2.05) is 6.07 Å². The fourth-order valence-corrected chi connectivity index (χ4v) is 2.37. The molecule has 2 aliphatic heterocycles. The minimum Gasteiger partial charge on any atom is -0.326 e. The van der Waals surface area contributed by atoms with Gasteiger partial charge < -0.3 is 4.57 Å². The number of halogens is 4. The maximum Gasteiger partial charge on any atom is 0.449 e. The van der Waals surface area contributed by atoms with E-state index >= 15 is 0 Å². The molecule has 114 valence electrons. The Labute approximate surface area is 128 Å². The van der Waals surface area contributed by atoms with Gasteiger partial charge in [-0.3, -0.25) is 0 Å². The number of imidazole rings is 1. The zero-order valence-electron chi connectivity index (χ0n) is 11.2. The Morgan fingerprint density at radius 1 is 1.18 bits per heavy atom. The molecule has 0 bridgehead atoms. The van der Waals surface area contributed by atoms with Crippen LogP contribution in [0, 0.1) is 0 Å². The Morgan fingerprint density at radius 2 is 2.00 bits per heavy atom. The highest BCUT2D eigenvalue weighted by molar-refractivity contribution is 6.30. The predicted octanol–water partition coefficient (Wildman–Crippen LogP) is 3.69. The molecule has 0 saturated heterocycles. The average Bonchev–Trinajstić information content (AvgIpc) is 2.90. The van der Waals surface area contributed by atoms with Crippen LogP contribution in [0.25, 0.3) is 11.5 Å². The maximum absolute atomic E-state index is 13.1. The SMILES string of the molecule is FC(F)(F)c1nc2ncnc-2cn1CCc1cccc(Cl)c1. The van der Waals surface area contributed by atoms with E-state index in [1.165, 1.54) is 12.5 Å². The number of aromatic nitrogens is 4. The number of rotatable bonds is 3. The van der Waals surface area contributed by atoms with E-state index in [0.29, 0.717) is 17.1 Å². The van der Waals surface area contributed by atoms with Crippen molar-refractivity contribution in [2.45, 2.75) is 19.1 Å². The molecule has 8 heteroatoms. The molecule has 0 fully saturated rings. The standard InChI is InChI=1S/C14H10ClF3N4/c15-10-3-1-2-9(6-10)4-5-22-7-11-12(20-8-19-11)21-13(22)14(16,17)18/h1-3,6-8H,4-5H2. The van der Waals surface area contributed by atoms with E-state index in [2.05, 4.69) is 15.0 Å². The lowest BCUT2D eigenvalue weighted by molar-refractivity contribution is -0.148. The Kier molecular flexibility index (Phi) is 3.74. The van der Waals surface area contributed by atoms with Crippen molar-refractivity contribution in [1.29, 1.82) is 0 Å². The first kappa shape index (κ1) is 14.8. The molecule has 2 heterocycles. The van der Waals surface area contributed by atoms with Crippen LogP contribution in [0.1, 0.15) is 11.4 Å². The van der Waals surface area contributed by atoms with Gasteiger partial charge in [-0.15, -0.1) is 0 Å². The Morgan fingerprint density at radius 3 is 2.73 bits per heavy atom. The molecule has 1 aromatic carbocycles. The summed E-state index contributed by atoms with van der Waals surface area (Å²) < 4.78 is 40.4. The largest absolute Gasteiger partial charge is 0.449 e. The van der Waals surface area contributed by atoms with Crippen LogP contribution >= 0.6 is 11.6 Å². The molecule has 0 aromatic heterocycles. The summed E-state index contributed by atoms with van der Waals surface area (Å²) >= 11 is 5.88. The summed E-state index contributed by atoms with van der Waals surface area (Å²) in [5.41, 5.74) is 1.18. The summed E-state index contributed by atoms with van der Waals surface area (Å²) in [5.74, 6) is -0.992. The highest BCUT2D eigenvalue weighted by Crippen LogP contribution is 2.30. The fourth-order valence-electron chi connectivity index (χ4n) is 2.16. The first-order valence-corrected chi connectivity index (χ1v) is 6.81. The molecule has 0 N–H and O–H groups in total. The van der Waals surface area contributed by atoms with E-state index in [0.717, 1.165) is 10.1 Å². The predicted molar refractivity (Wildman–Crippen MR) is 74.6 cm³/mol. The van der Waals surface area contributed by atoms with Crippen LogP contribution in [0.15, 0.2) is 36.8 Å². The van der Waals surface area contributed by atoms with Gasteiger partial charge in [0.05, 0.1) is 0 Å². The van der Waals surface area contributed by atoms with E-state index in [9.17, 15) is 13.2 Å². The zero-order valence-corrected chi connectivity index (χ0v) is 11.9. The van der Waals surface area contributed by atoms with Crippen LogP contribution in [0.3, 0.4) is 0 Å². The van der Waals surface area contributed by atoms with Crippen molar-refractivity contribution >= 4 is 11.6 Å². The van der Waals surface area contributed by atoms with Crippen molar-refractivity contribution < 1.29 is 13.2 Å². The lowest BCUT2D eigenvalue weighted by Gasteiger charge is -2.16. The van der Waals surface area contributed by atoms with Gasteiger partial charge in [-0.25, -0.2) is 15.0 Å². The normalized spacial score (nSPS) is 12.0. The van der Waals surface area contributed by atoms with Gasteiger partial charge in [0.2, 0.25) is 5.82 Å². The van der Waals surface area contributed by atoms with Crippen molar-refractivity contribution in [3.8, 4) is 11.5 Å². The zero-order chi connectivity index (χ0) is 15.7. The fraction of sp³-hybridized carbons (Fsp3) is 0.214. The molecule has 0 saturated carbocycles. The third kappa shape index (κ3) is 3.04. The van der Waals surface area contributed by atoms with Crippen LogP contribution in [0.4, 0.5) is 13.2 Å². The van der Waals surface area contributed by atoms with Crippen molar-refractivity contribution in [2.75, 3.05) is 0 Å². The summed E-state index contributed by atoms with van der Waals surface area (Å²) in [7, 11) is 0. The van der Waals surface area contributed by atoms with Crippen LogP contribution in [-0.2, 0) is 19.1 Å². The molecule has 0 atom stereocenters. The smallest absolute Gasteiger partial charge is 0.326 e. The third-order valence-electron chi connectivity index (χ3n) is 3.15. The molecular weight excluding hydrogens is 317 g/mol. The molecule has 3 rings (SSSR count). The number of benzene rings is 1. The van der Waals surface area contributed by atoms with Gasteiger partial charge in [-0.05, 0) is 24.1 Å². The minimum atomic E-state index is -4.55. The number of aryl methyl sites for hydroxylation is 2. The van der Waals surface area contributed by atoms with Gasteiger partial charge in [0.1, 0.15) is 12.0 Å². The molecule has 1 aromatic rings. The Bertz CT molecular complexity index is 769. The molecule has 0 amide bonds. The molecule has 4 nitrogen and oxygen atoms in total. The maximum atomic E-state index is 13.1. The third-order valence-corrected chi connectivity index (χ3v) is 3.39. The summed E-state index contributed by atoms with van der Waals surface area (Å²) in [6, 6.07) is 7.02. The van der Waals surface area contributed by atoms with Crippen LogP contribution < -0.4 is 0 Å². The molecule has 0 aliphatic carbocycles. The van der Waals surface area contributed by atoms with Crippen LogP contribution in [-0.4, -0.2) is 19.5 Å². The summed E-state index contributed by atoms with van der Waals surface area (Å²) in [5, 5.41) is 0.550. The second kappa shape index (κ2) is 5.57. The lowest BCUT2D eigenvalue weighted by atomic mass is 10.1. The quantitative estimate of drug-likeness (QED) is 0.737. The topological polar surface area (TPSA) is 43.6 Å². The molecule has 0 radical (unpaired) electrons. The summed E-state index contributed by atoms with van der Waals surface area (Å²) in [6.07, 6.45) is -1.64. The number of nitrogens with zero attached hydrogens (tertiary/aromatic N) is 4. The van der Waals surface area contributed by atoms with Gasteiger partial charge in [-0.2, -0.15) is 13.2 Å². The number of alkyl halides is 3. The van der Waals surface area contributed by atoms with Crippen LogP contribution in [0.2, 0.25) is 5.02 Å². The second-order valence-corrected chi connectivity index (χ2v) is 5.15. The summed E-state index contributed by atoms with van der Waals surface area (Å²) in [4.78, 5) is 11.2. The molecule has 0 spiro atoms. The molecule has 22 heavy (non-hydrogen) atoms. The monoisotopic (exact) mass is 326 g/mol. The van der Waals surface area contributed by atoms with Crippen molar-refractivity contribution in [3.05, 3.63) is 53.2 Å². The number of hydrogen-bond acceptors (Lipinski definition) is 3.